The van der Waals surface area contributed by atoms with Gasteiger partial charge in [0.25, 0.3) is 0 Å². The van der Waals surface area contributed by atoms with Crippen LogP contribution in [0.5, 0.6) is 5.75 Å². The molecular weight excluding hydrogens is 310 g/mol. The molecule has 0 aromatic heterocycles. The lowest BCUT2D eigenvalue weighted by Crippen LogP contribution is -2.32. The van der Waals surface area contributed by atoms with Crippen LogP contribution < -0.4 is 10.2 Å². The first kappa shape index (κ1) is 17.5. The molecule has 3 rings (SSSR count). The highest BCUT2D eigenvalue weighted by Crippen LogP contribution is 2.24. The molecule has 1 fully saturated rings. The Kier molecular flexibility index (Phi) is 6.07. The molecule has 0 saturated carbocycles. The van der Waals surface area contributed by atoms with Gasteiger partial charge in [0.05, 0.1) is 19.0 Å². The van der Waals surface area contributed by atoms with Gasteiger partial charge in [-0.1, -0.05) is 25.1 Å². The Morgan fingerprint density at radius 3 is 2.64 bits per heavy atom. The molecule has 1 aliphatic rings. The normalized spacial score (nSPS) is 16.2. The zero-order valence-corrected chi connectivity index (χ0v) is 15.1. The summed E-state index contributed by atoms with van der Waals surface area (Å²) < 4.78 is 5.55. The number of nitrogens with one attached hydrogen (secondary N) is 1. The second kappa shape index (κ2) is 8.67. The number of hydrogen-bond donors (Lipinski definition) is 1. The Labute approximate surface area is 150 Å². The molecule has 4 heteroatoms. The third-order valence-electron chi connectivity index (χ3n) is 4.76. The fourth-order valence-corrected chi connectivity index (χ4v) is 3.16. The van der Waals surface area contributed by atoms with Crippen LogP contribution in [0, 0.1) is 5.92 Å². The molecule has 2 aromatic rings. The highest BCUT2D eigenvalue weighted by molar-refractivity contribution is 5.81. The zero-order chi connectivity index (χ0) is 17.5. The number of nitrogens with zero attached hydrogens (tertiary/aromatic N) is 2. The summed E-state index contributed by atoms with van der Waals surface area (Å²) >= 11 is 0. The topological polar surface area (TPSA) is 36.9 Å². The van der Waals surface area contributed by atoms with Crippen LogP contribution >= 0.6 is 0 Å². The van der Waals surface area contributed by atoms with E-state index in [0.717, 1.165) is 42.6 Å². The van der Waals surface area contributed by atoms with Gasteiger partial charge in [-0.15, -0.1) is 0 Å². The summed E-state index contributed by atoms with van der Waals surface area (Å²) in [5.41, 5.74) is 6.33. The molecule has 0 aliphatic carbocycles. The van der Waals surface area contributed by atoms with Gasteiger partial charge in [-0.05, 0) is 67.7 Å². The molecule has 2 aromatic carbocycles. The summed E-state index contributed by atoms with van der Waals surface area (Å²) in [7, 11) is 1.74. The molecule has 1 aliphatic heterocycles. The minimum Gasteiger partial charge on any atom is -0.496 e. The maximum absolute atomic E-state index is 5.55. The van der Waals surface area contributed by atoms with Crippen molar-refractivity contribution in [2.24, 2.45) is 11.0 Å². The Morgan fingerprint density at radius 1 is 1.16 bits per heavy atom. The average molecular weight is 337 g/mol. The number of benzene rings is 2. The molecule has 0 spiro atoms. The van der Waals surface area contributed by atoms with Crippen LogP contribution in [0.1, 0.15) is 30.9 Å². The van der Waals surface area contributed by atoms with Crippen molar-refractivity contribution >= 4 is 11.9 Å². The number of methoxy groups -OCH3 is 1. The summed E-state index contributed by atoms with van der Waals surface area (Å²) in [6.07, 6.45) is 4.42. The summed E-state index contributed by atoms with van der Waals surface area (Å²) in [6.45, 7) is 5.61. The number of anilines is 1. The SMILES string of the molecule is COc1ccc(C=NNc2ccccc2)cc1CN1CCC(C)CC1. The number of para-hydroxylation sites is 1. The molecule has 0 bridgehead atoms. The molecule has 25 heavy (non-hydrogen) atoms. The molecule has 0 radical (unpaired) electrons. The number of likely N-dealkylation sites (tertiary alicyclic amines) is 1. The summed E-state index contributed by atoms with van der Waals surface area (Å²) in [5, 5.41) is 4.34. The van der Waals surface area contributed by atoms with Gasteiger partial charge in [0.15, 0.2) is 0 Å². The number of ether oxygens (including phenoxy) is 1. The van der Waals surface area contributed by atoms with Gasteiger partial charge in [-0.25, -0.2) is 0 Å². The van der Waals surface area contributed by atoms with Gasteiger partial charge in [-0.2, -0.15) is 5.10 Å². The van der Waals surface area contributed by atoms with E-state index in [1.165, 1.54) is 18.4 Å². The summed E-state index contributed by atoms with van der Waals surface area (Å²) in [4.78, 5) is 2.51. The van der Waals surface area contributed by atoms with E-state index in [-0.39, 0.29) is 0 Å². The van der Waals surface area contributed by atoms with E-state index >= 15 is 0 Å². The molecule has 1 saturated heterocycles. The molecule has 0 atom stereocenters. The van der Waals surface area contributed by atoms with Crippen molar-refractivity contribution in [3.63, 3.8) is 0 Å². The third-order valence-corrected chi connectivity index (χ3v) is 4.76. The summed E-state index contributed by atoms with van der Waals surface area (Å²) in [5.74, 6) is 1.80. The van der Waals surface area contributed by atoms with Crippen LogP contribution in [0.25, 0.3) is 0 Å². The largest absolute Gasteiger partial charge is 0.496 e. The van der Waals surface area contributed by atoms with E-state index in [9.17, 15) is 0 Å². The Hall–Kier alpha value is -2.33. The average Bonchev–Trinajstić information content (AvgIpc) is 2.65. The first-order chi connectivity index (χ1) is 12.2. The Balaban J connectivity index is 1.66. The van der Waals surface area contributed by atoms with Crippen LogP contribution in [-0.2, 0) is 6.54 Å². The van der Waals surface area contributed by atoms with Gasteiger partial charge in [0.2, 0.25) is 0 Å². The van der Waals surface area contributed by atoms with Gasteiger partial charge in [0.1, 0.15) is 5.75 Å². The predicted molar refractivity (Wildman–Crippen MR) is 104 cm³/mol. The molecule has 0 unspecified atom stereocenters. The van der Waals surface area contributed by atoms with Crippen LogP contribution in [0.15, 0.2) is 53.6 Å². The van der Waals surface area contributed by atoms with Crippen molar-refractivity contribution in [1.29, 1.82) is 0 Å². The Bertz CT molecular complexity index is 692. The lowest BCUT2D eigenvalue weighted by molar-refractivity contribution is 0.183. The monoisotopic (exact) mass is 337 g/mol. The molecule has 1 N–H and O–H groups in total. The van der Waals surface area contributed by atoms with Crippen LogP contribution in [-0.4, -0.2) is 31.3 Å². The van der Waals surface area contributed by atoms with Crippen molar-refractivity contribution < 1.29 is 4.74 Å². The van der Waals surface area contributed by atoms with E-state index in [0.29, 0.717) is 0 Å². The second-order valence-corrected chi connectivity index (χ2v) is 6.77. The van der Waals surface area contributed by atoms with E-state index in [1.54, 1.807) is 7.11 Å². The fourth-order valence-electron chi connectivity index (χ4n) is 3.16. The van der Waals surface area contributed by atoms with Crippen molar-refractivity contribution in [2.45, 2.75) is 26.3 Å². The highest BCUT2D eigenvalue weighted by atomic mass is 16.5. The first-order valence-corrected chi connectivity index (χ1v) is 8.98. The van der Waals surface area contributed by atoms with Crippen molar-refractivity contribution in [1.82, 2.24) is 4.90 Å². The lowest BCUT2D eigenvalue weighted by atomic mass is 9.98. The molecule has 4 nitrogen and oxygen atoms in total. The standard InChI is InChI=1S/C21H27N3O/c1-17-10-12-24(13-11-17)16-19-14-18(8-9-21(19)25-2)15-22-23-20-6-4-3-5-7-20/h3-9,14-15,17,23H,10-13,16H2,1-2H3. The van der Waals surface area contributed by atoms with Gasteiger partial charge < -0.3 is 4.74 Å². The molecular formula is C21H27N3O. The van der Waals surface area contributed by atoms with Crippen molar-refractivity contribution in [2.75, 3.05) is 25.6 Å². The van der Waals surface area contributed by atoms with Crippen molar-refractivity contribution in [3.05, 3.63) is 59.7 Å². The second-order valence-electron chi connectivity index (χ2n) is 6.77. The third kappa shape index (κ3) is 5.07. The van der Waals surface area contributed by atoms with Gasteiger partial charge >= 0.3 is 0 Å². The predicted octanol–water partition coefficient (Wildman–Crippen LogP) is 4.37. The fraction of sp³-hybridized carbons (Fsp3) is 0.381. The van der Waals surface area contributed by atoms with E-state index in [4.69, 9.17) is 4.74 Å². The number of hydrazone groups is 1. The lowest BCUT2D eigenvalue weighted by Gasteiger charge is -2.30. The smallest absolute Gasteiger partial charge is 0.123 e. The maximum Gasteiger partial charge on any atom is 0.123 e. The highest BCUT2D eigenvalue weighted by Gasteiger charge is 2.17. The number of piperidine rings is 1. The summed E-state index contributed by atoms with van der Waals surface area (Å²) in [6, 6.07) is 16.2. The van der Waals surface area contributed by atoms with Crippen LogP contribution in [0.4, 0.5) is 5.69 Å². The molecule has 0 amide bonds. The molecule has 132 valence electrons. The minimum atomic E-state index is 0.848. The van der Waals surface area contributed by atoms with E-state index < -0.39 is 0 Å². The quantitative estimate of drug-likeness (QED) is 0.628. The van der Waals surface area contributed by atoms with Crippen molar-refractivity contribution in [3.8, 4) is 5.75 Å². The molecule has 1 heterocycles. The van der Waals surface area contributed by atoms with E-state index in [1.807, 2.05) is 48.7 Å². The maximum atomic E-state index is 5.55. The van der Waals surface area contributed by atoms with Crippen LogP contribution in [0.2, 0.25) is 0 Å². The minimum absolute atomic E-state index is 0.848. The van der Waals surface area contributed by atoms with Crippen LogP contribution in [0.3, 0.4) is 0 Å². The number of rotatable bonds is 6. The van der Waals surface area contributed by atoms with E-state index in [2.05, 4.69) is 28.4 Å². The first-order valence-electron chi connectivity index (χ1n) is 8.98. The van der Waals surface area contributed by atoms with Gasteiger partial charge in [0, 0.05) is 12.1 Å². The Morgan fingerprint density at radius 2 is 1.92 bits per heavy atom. The van der Waals surface area contributed by atoms with Gasteiger partial charge in [-0.3, -0.25) is 10.3 Å². The zero-order valence-electron chi connectivity index (χ0n) is 15.1. The number of hydrogen-bond acceptors (Lipinski definition) is 4.